The number of nitrogen functional groups attached to an aromatic ring is 1. The van der Waals surface area contributed by atoms with Gasteiger partial charge in [0.2, 0.25) is 0 Å². The van der Waals surface area contributed by atoms with Gasteiger partial charge >= 0.3 is 0 Å². The smallest absolute Gasteiger partial charge is 0.142 e. The van der Waals surface area contributed by atoms with Crippen molar-refractivity contribution < 1.29 is 9.47 Å². The highest BCUT2D eigenvalue weighted by Gasteiger charge is 2.04. The van der Waals surface area contributed by atoms with E-state index in [9.17, 15) is 0 Å². The Bertz CT molecular complexity index is 291. The van der Waals surface area contributed by atoms with Gasteiger partial charge in [-0.1, -0.05) is 0 Å². The van der Waals surface area contributed by atoms with Crippen LogP contribution in [0.5, 0.6) is 0 Å². The van der Waals surface area contributed by atoms with Crippen LogP contribution in [0.2, 0.25) is 0 Å². The lowest BCUT2D eigenvalue weighted by atomic mass is 10.3. The second kappa shape index (κ2) is 6.60. The van der Waals surface area contributed by atoms with Gasteiger partial charge in [0.1, 0.15) is 10.8 Å². The number of nitrogens with two attached hydrogens (primary N) is 1. The molecule has 15 heavy (non-hydrogen) atoms. The zero-order valence-corrected chi connectivity index (χ0v) is 9.89. The van der Waals surface area contributed by atoms with Gasteiger partial charge in [0.25, 0.3) is 0 Å². The summed E-state index contributed by atoms with van der Waals surface area (Å²) in [5, 5.41) is 4.24. The third-order valence-electron chi connectivity index (χ3n) is 1.92. The molecule has 1 aromatic heterocycles. The summed E-state index contributed by atoms with van der Waals surface area (Å²) in [7, 11) is 1.66. The zero-order valence-electron chi connectivity index (χ0n) is 9.08. The van der Waals surface area contributed by atoms with Crippen molar-refractivity contribution in [2.24, 2.45) is 0 Å². The summed E-state index contributed by atoms with van der Waals surface area (Å²) in [6, 6.07) is 0. The third-order valence-corrected chi connectivity index (χ3v) is 2.84. The van der Waals surface area contributed by atoms with Crippen molar-refractivity contribution >= 4 is 22.4 Å². The number of ether oxygens (including phenoxy) is 2. The molecular weight excluding hydrogens is 214 g/mol. The highest BCUT2D eigenvalue weighted by atomic mass is 32.1. The molecule has 0 fully saturated rings. The van der Waals surface area contributed by atoms with E-state index in [0.29, 0.717) is 25.6 Å². The number of hydrogen-bond donors (Lipinski definition) is 2. The van der Waals surface area contributed by atoms with Crippen LogP contribution in [-0.4, -0.2) is 37.8 Å². The van der Waals surface area contributed by atoms with Crippen molar-refractivity contribution in [3.05, 3.63) is 5.56 Å². The maximum Gasteiger partial charge on any atom is 0.142 e. The molecule has 5 nitrogen and oxygen atoms in total. The van der Waals surface area contributed by atoms with E-state index in [2.05, 4.69) is 9.69 Å². The fourth-order valence-corrected chi connectivity index (χ4v) is 1.73. The Balaban J connectivity index is 2.12. The number of nitrogens with one attached hydrogen (secondary N) is 1. The highest BCUT2D eigenvalue weighted by Crippen LogP contribution is 2.24. The molecule has 0 aliphatic heterocycles. The van der Waals surface area contributed by atoms with Gasteiger partial charge < -0.3 is 20.5 Å². The summed E-state index contributed by atoms with van der Waals surface area (Å²) in [5.41, 5.74) is 6.63. The van der Waals surface area contributed by atoms with Crippen LogP contribution in [0.25, 0.3) is 0 Å². The molecule has 6 heteroatoms. The first-order valence-electron chi connectivity index (χ1n) is 4.78. The molecule has 0 unspecified atom stereocenters. The summed E-state index contributed by atoms with van der Waals surface area (Å²) in [4.78, 5) is 0. The molecule has 86 valence electrons. The SMILES string of the molecule is COCCOCCNc1snc(N)c1C. The Morgan fingerprint density at radius 1 is 1.40 bits per heavy atom. The first-order valence-corrected chi connectivity index (χ1v) is 5.55. The van der Waals surface area contributed by atoms with Crippen LogP contribution in [0.4, 0.5) is 10.8 Å². The lowest BCUT2D eigenvalue weighted by Gasteiger charge is -2.05. The average molecular weight is 231 g/mol. The monoisotopic (exact) mass is 231 g/mol. The standard InChI is InChI=1S/C9H17N3O2S/c1-7-8(10)12-15-9(7)11-3-4-14-6-5-13-2/h11H,3-6H2,1-2H3,(H2,10,12). The minimum Gasteiger partial charge on any atom is -0.383 e. The summed E-state index contributed by atoms with van der Waals surface area (Å²) in [6.07, 6.45) is 0. The number of hydrogen-bond acceptors (Lipinski definition) is 6. The number of nitrogens with zero attached hydrogens (tertiary/aromatic N) is 1. The normalized spacial score (nSPS) is 10.5. The van der Waals surface area contributed by atoms with Gasteiger partial charge in [-0.25, -0.2) is 0 Å². The summed E-state index contributed by atoms with van der Waals surface area (Å²) < 4.78 is 14.2. The van der Waals surface area contributed by atoms with Crippen molar-refractivity contribution in [3.63, 3.8) is 0 Å². The lowest BCUT2D eigenvalue weighted by molar-refractivity contribution is 0.0759. The lowest BCUT2D eigenvalue weighted by Crippen LogP contribution is -2.11. The molecule has 0 bridgehead atoms. The minimum absolute atomic E-state index is 0.600. The fourth-order valence-electron chi connectivity index (χ4n) is 0.994. The Kier molecular flexibility index (Phi) is 5.38. The van der Waals surface area contributed by atoms with Gasteiger partial charge in [-0.05, 0) is 18.5 Å². The van der Waals surface area contributed by atoms with E-state index in [4.69, 9.17) is 15.2 Å². The minimum atomic E-state index is 0.600. The second-order valence-electron chi connectivity index (χ2n) is 3.05. The van der Waals surface area contributed by atoms with Crippen molar-refractivity contribution in [2.45, 2.75) is 6.92 Å². The largest absolute Gasteiger partial charge is 0.383 e. The fraction of sp³-hybridized carbons (Fsp3) is 0.667. The second-order valence-corrected chi connectivity index (χ2v) is 3.83. The summed E-state index contributed by atoms with van der Waals surface area (Å²) >= 11 is 1.38. The van der Waals surface area contributed by atoms with Crippen molar-refractivity contribution in [1.82, 2.24) is 4.37 Å². The first-order chi connectivity index (χ1) is 7.25. The van der Waals surface area contributed by atoms with Crippen LogP contribution < -0.4 is 11.1 Å². The topological polar surface area (TPSA) is 69.4 Å². The molecule has 0 aliphatic rings. The van der Waals surface area contributed by atoms with Crippen LogP contribution in [-0.2, 0) is 9.47 Å². The number of aromatic nitrogens is 1. The summed E-state index contributed by atoms with van der Waals surface area (Å²) in [5.74, 6) is 0.600. The van der Waals surface area contributed by atoms with Gasteiger partial charge in [0.05, 0.1) is 19.8 Å². The van der Waals surface area contributed by atoms with E-state index in [-0.39, 0.29) is 0 Å². The van der Waals surface area contributed by atoms with Crippen LogP contribution in [0.3, 0.4) is 0 Å². The number of methoxy groups -OCH3 is 1. The average Bonchev–Trinajstić information content (AvgIpc) is 2.54. The molecule has 0 aromatic carbocycles. The zero-order chi connectivity index (χ0) is 11.1. The molecule has 0 spiro atoms. The number of anilines is 2. The molecule has 0 radical (unpaired) electrons. The van der Waals surface area contributed by atoms with Crippen LogP contribution >= 0.6 is 11.5 Å². The van der Waals surface area contributed by atoms with E-state index >= 15 is 0 Å². The Morgan fingerprint density at radius 2 is 2.20 bits per heavy atom. The van der Waals surface area contributed by atoms with Crippen LogP contribution in [0.15, 0.2) is 0 Å². The Hall–Kier alpha value is -0.850. The Labute approximate surface area is 93.7 Å². The van der Waals surface area contributed by atoms with E-state index < -0.39 is 0 Å². The van der Waals surface area contributed by atoms with Gasteiger partial charge in [-0.2, -0.15) is 4.37 Å². The predicted octanol–water partition coefficient (Wildman–Crippen LogP) is 1.11. The number of rotatable bonds is 7. The van der Waals surface area contributed by atoms with E-state index in [1.54, 1.807) is 7.11 Å². The van der Waals surface area contributed by atoms with Crippen LogP contribution in [0.1, 0.15) is 5.56 Å². The van der Waals surface area contributed by atoms with Gasteiger partial charge in [-0.3, -0.25) is 0 Å². The first kappa shape index (κ1) is 12.2. The van der Waals surface area contributed by atoms with Crippen molar-refractivity contribution in [3.8, 4) is 0 Å². The summed E-state index contributed by atoms with van der Waals surface area (Å²) in [6.45, 7) is 4.62. The van der Waals surface area contributed by atoms with E-state index in [0.717, 1.165) is 17.1 Å². The molecule has 1 rings (SSSR count). The van der Waals surface area contributed by atoms with E-state index in [1.807, 2.05) is 6.92 Å². The molecule has 1 aromatic rings. The van der Waals surface area contributed by atoms with Gasteiger partial charge in [0.15, 0.2) is 0 Å². The van der Waals surface area contributed by atoms with Crippen molar-refractivity contribution in [2.75, 3.05) is 44.5 Å². The third kappa shape index (κ3) is 4.03. The van der Waals surface area contributed by atoms with E-state index in [1.165, 1.54) is 11.5 Å². The quantitative estimate of drug-likeness (QED) is 0.688. The Morgan fingerprint density at radius 3 is 2.80 bits per heavy atom. The molecule has 0 aliphatic carbocycles. The molecule has 3 N–H and O–H groups in total. The van der Waals surface area contributed by atoms with Crippen molar-refractivity contribution in [1.29, 1.82) is 0 Å². The molecule has 0 atom stereocenters. The maximum atomic E-state index is 5.62. The maximum absolute atomic E-state index is 5.62. The molecule has 0 amide bonds. The van der Waals surface area contributed by atoms with Crippen LogP contribution in [0, 0.1) is 6.92 Å². The van der Waals surface area contributed by atoms with Gasteiger partial charge in [-0.15, -0.1) is 0 Å². The molecular formula is C9H17N3O2S. The highest BCUT2D eigenvalue weighted by molar-refractivity contribution is 7.10. The van der Waals surface area contributed by atoms with Gasteiger partial charge in [0, 0.05) is 19.2 Å². The molecule has 0 saturated heterocycles. The predicted molar refractivity (Wildman–Crippen MR) is 62.4 cm³/mol. The molecule has 0 saturated carbocycles. The molecule has 1 heterocycles.